The van der Waals surface area contributed by atoms with Crippen LogP contribution in [-0.2, 0) is 0 Å². The molecule has 8 heavy (non-hydrogen) atoms. The minimum Gasteiger partial charge on any atom is -0.109 e. The second-order valence-corrected chi connectivity index (χ2v) is 10.6. The highest BCUT2D eigenvalue weighted by Gasteiger charge is 1.86. The molecule has 0 saturated heterocycles. The zero-order chi connectivity index (χ0) is 6.41. The Kier molecular flexibility index (Phi) is 7.78. The summed E-state index contributed by atoms with van der Waals surface area (Å²) in [6.07, 6.45) is 3.40. The predicted octanol–water partition coefficient (Wildman–Crippen LogP) is 3.57. The first-order valence-corrected chi connectivity index (χ1v) is 9.16. The van der Waals surface area contributed by atoms with Gasteiger partial charge in [-0.3, -0.25) is 0 Å². The molecule has 0 aromatic heterocycles. The van der Waals surface area contributed by atoms with Gasteiger partial charge in [0, 0.05) is 0 Å². The summed E-state index contributed by atoms with van der Waals surface area (Å²) in [6.45, 7) is 2.16. The normalized spacial score (nSPS) is 16.4. The van der Waals surface area contributed by atoms with E-state index in [9.17, 15) is 0 Å². The fraction of sp³-hybridized carbons (Fsp3) is 0.500. The van der Waals surface area contributed by atoms with Gasteiger partial charge < -0.3 is 0 Å². The molecular formula is C4H12P4. The summed E-state index contributed by atoms with van der Waals surface area (Å²) in [5.74, 6) is 2.30. The topological polar surface area (TPSA) is 0 Å². The van der Waals surface area contributed by atoms with E-state index in [2.05, 4.69) is 36.7 Å². The molecule has 0 heterocycles. The summed E-state index contributed by atoms with van der Waals surface area (Å²) < 4.78 is 0. The van der Waals surface area contributed by atoms with E-state index in [4.69, 9.17) is 0 Å². The molecule has 0 nitrogen and oxygen atoms in total. The molecule has 0 rings (SSSR count). The van der Waals surface area contributed by atoms with Gasteiger partial charge in [-0.25, -0.2) is 0 Å². The SMILES string of the molecule is CCC=CP(P)PP. The average molecular weight is 184 g/mol. The van der Waals surface area contributed by atoms with Gasteiger partial charge in [0.05, 0.1) is 0 Å². The van der Waals surface area contributed by atoms with Gasteiger partial charge in [-0.15, -0.1) is 17.9 Å². The Morgan fingerprint density at radius 3 is 2.75 bits per heavy atom. The van der Waals surface area contributed by atoms with Crippen LogP contribution in [0.2, 0.25) is 0 Å². The molecule has 0 radical (unpaired) electrons. The van der Waals surface area contributed by atoms with Crippen molar-refractivity contribution in [3.63, 3.8) is 0 Å². The molecule has 4 atom stereocenters. The molecule has 0 aliphatic carbocycles. The summed E-state index contributed by atoms with van der Waals surface area (Å²) in [7, 11) is 6.77. The molecule has 0 saturated carbocycles. The average Bonchev–Trinajstić information content (AvgIpc) is 1.83. The molecule has 0 fully saturated rings. The first-order chi connectivity index (χ1) is 3.81. The van der Waals surface area contributed by atoms with Crippen molar-refractivity contribution in [2.45, 2.75) is 13.3 Å². The highest BCUT2D eigenvalue weighted by atomic mass is 32.6. The standard InChI is InChI=1S/C4H12P4/c1-2-3-4-8(6)7-5/h3-4,7H,2,5-6H2,1H3. The maximum atomic E-state index is 2.85. The molecule has 4 unspecified atom stereocenters. The van der Waals surface area contributed by atoms with Gasteiger partial charge in [-0.2, -0.15) is 0 Å². The van der Waals surface area contributed by atoms with Gasteiger partial charge in [0.2, 0.25) is 0 Å². The molecule has 0 bridgehead atoms. The lowest BCUT2D eigenvalue weighted by Gasteiger charge is -1.97. The van der Waals surface area contributed by atoms with Gasteiger partial charge in [-0.1, -0.05) is 26.8 Å². The highest BCUT2D eigenvalue weighted by molar-refractivity contribution is 8.62. The molecule has 0 N–H and O–H groups in total. The van der Waals surface area contributed by atoms with Crippen LogP contribution in [0.5, 0.6) is 0 Å². The van der Waals surface area contributed by atoms with Crippen molar-refractivity contribution in [1.82, 2.24) is 0 Å². The molecular weight excluding hydrogens is 172 g/mol. The van der Waals surface area contributed by atoms with Crippen LogP contribution in [-0.4, -0.2) is 0 Å². The zero-order valence-corrected chi connectivity index (χ0v) is 9.17. The lowest BCUT2D eigenvalue weighted by Crippen LogP contribution is -1.45. The number of hydrogen-bond donors (Lipinski definition) is 0. The lowest BCUT2D eigenvalue weighted by atomic mass is 10.5. The largest absolute Gasteiger partial charge is 0.109 e. The van der Waals surface area contributed by atoms with Crippen LogP contribution in [0.25, 0.3) is 0 Å². The molecule has 0 aliphatic rings. The summed E-state index contributed by atoms with van der Waals surface area (Å²) in [5.41, 5.74) is 0. The molecule has 0 spiro atoms. The Balaban J connectivity index is 3.21. The van der Waals surface area contributed by atoms with Crippen molar-refractivity contribution >= 4 is 33.1 Å². The zero-order valence-electron chi connectivity index (χ0n) is 4.96. The number of rotatable bonds is 3. The van der Waals surface area contributed by atoms with Gasteiger partial charge in [0.25, 0.3) is 0 Å². The molecule has 0 amide bonds. The van der Waals surface area contributed by atoms with E-state index in [-0.39, 0.29) is 7.30 Å². The van der Waals surface area contributed by atoms with Gasteiger partial charge in [0.1, 0.15) is 0 Å². The van der Waals surface area contributed by atoms with Crippen LogP contribution in [0.15, 0.2) is 11.9 Å². The van der Waals surface area contributed by atoms with Crippen molar-refractivity contribution < 1.29 is 0 Å². The number of allylic oxidation sites excluding steroid dienone is 1. The first-order valence-electron chi connectivity index (χ1n) is 2.48. The summed E-state index contributed by atoms with van der Waals surface area (Å²) in [5, 5.41) is 0. The van der Waals surface area contributed by atoms with Crippen LogP contribution < -0.4 is 0 Å². The van der Waals surface area contributed by atoms with E-state index >= 15 is 0 Å². The van der Waals surface area contributed by atoms with E-state index in [1.165, 1.54) is 6.42 Å². The maximum absolute atomic E-state index is 2.85. The third-order valence-corrected chi connectivity index (χ3v) is 10.0. The lowest BCUT2D eigenvalue weighted by molar-refractivity contribution is 1.23. The third kappa shape index (κ3) is 5.59. The van der Waals surface area contributed by atoms with E-state index < -0.39 is 0 Å². The monoisotopic (exact) mass is 184 g/mol. The summed E-state index contributed by atoms with van der Waals surface area (Å²) in [4.78, 5) is 0. The van der Waals surface area contributed by atoms with Crippen LogP contribution in [0.1, 0.15) is 13.3 Å². The van der Waals surface area contributed by atoms with E-state index in [0.29, 0.717) is 0 Å². The Morgan fingerprint density at radius 1 is 1.75 bits per heavy atom. The molecule has 0 aromatic rings. The van der Waals surface area contributed by atoms with E-state index in [0.717, 1.165) is 7.96 Å². The third-order valence-electron chi connectivity index (χ3n) is 0.651. The quantitative estimate of drug-likeness (QED) is 0.588. The van der Waals surface area contributed by atoms with Gasteiger partial charge in [0.15, 0.2) is 0 Å². The van der Waals surface area contributed by atoms with Crippen molar-refractivity contribution in [1.29, 1.82) is 0 Å². The minimum absolute atomic E-state index is 0.143. The van der Waals surface area contributed by atoms with E-state index in [1.54, 1.807) is 0 Å². The fourth-order valence-electron chi connectivity index (χ4n) is 0.262. The molecule has 48 valence electrons. The van der Waals surface area contributed by atoms with Crippen LogP contribution in [0.4, 0.5) is 0 Å². The fourth-order valence-corrected chi connectivity index (χ4v) is 2.50. The second kappa shape index (κ2) is 6.58. The Bertz CT molecular complexity index is 70.4. The van der Waals surface area contributed by atoms with E-state index in [1.807, 2.05) is 0 Å². The van der Waals surface area contributed by atoms with Crippen molar-refractivity contribution in [3.05, 3.63) is 11.9 Å². The van der Waals surface area contributed by atoms with Crippen LogP contribution in [0.3, 0.4) is 0 Å². The Morgan fingerprint density at radius 2 is 2.38 bits per heavy atom. The predicted molar refractivity (Wildman–Crippen MR) is 54.1 cm³/mol. The van der Waals surface area contributed by atoms with Crippen molar-refractivity contribution in [3.8, 4) is 0 Å². The highest BCUT2D eigenvalue weighted by Crippen LogP contribution is 2.66. The van der Waals surface area contributed by atoms with Crippen LogP contribution in [0, 0.1) is 0 Å². The minimum atomic E-state index is 0.143. The second-order valence-electron chi connectivity index (χ2n) is 1.33. The Labute approximate surface area is 58.9 Å². The molecule has 0 aliphatic heterocycles. The maximum Gasteiger partial charge on any atom is -0.0376 e. The van der Waals surface area contributed by atoms with Gasteiger partial charge in [-0.05, 0) is 13.7 Å². The van der Waals surface area contributed by atoms with Gasteiger partial charge >= 0.3 is 0 Å². The summed E-state index contributed by atoms with van der Waals surface area (Å²) in [6, 6.07) is 0. The van der Waals surface area contributed by atoms with Crippen molar-refractivity contribution in [2.75, 3.05) is 0 Å². The molecule has 0 aromatic carbocycles. The Hall–Kier alpha value is 1.46. The smallest absolute Gasteiger partial charge is 0.0376 e. The van der Waals surface area contributed by atoms with Crippen molar-refractivity contribution in [2.24, 2.45) is 0 Å². The number of hydrogen-bond acceptors (Lipinski definition) is 0. The van der Waals surface area contributed by atoms with Crippen LogP contribution >= 0.6 is 33.1 Å². The molecule has 4 heteroatoms. The first kappa shape index (κ1) is 9.46. The summed E-state index contributed by atoms with van der Waals surface area (Å²) >= 11 is 0.